The highest BCUT2D eigenvalue weighted by molar-refractivity contribution is 6.68. The van der Waals surface area contributed by atoms with E-state index in [-0.39, 0.29) is 0 Å². The maximum atomic E-state index is 14.0. The first-order valence-electron chi connectivity index (χ1n) is 5.69. The Kier molecular flexibility index (Phi) is 4.93. The van der Waals surface area contributed by atoms with Crippen molar-refractivity contribution in [2.45, 2.75) is 24.2 Å². The lowest BCUT2D eigenvalue weighted by molar-refractivity contribution is -0.166. The van der Waals surface area contributed by atoms with Gasteiger partial charge in [-0.15, -0.1) is 0 Å². The van der Waals surface area contributed by atoms with E-state index in [2.05, 4.69) is 8.85 Å². The fourth-order valence-electron chi connectivity index (χ4n) is 1.62. The molecule has 0 amide bonds. The molecule has 20 heavy (non-hydrogen) atoms. The Labute approximate surface area is 114 Å². The fourth-order valence-corrected chi connectivity index (χ4v) is 2.97. The van der Waals surface area contributed by atoms with Crippen molar-refractivity contribution in [3.8, 4) is 0 Å². The summed E-state index contributed by atoms with van der Waals surface area (Å²) in [5, 5.41) is 0. The largest absolute Gasteiger partial charge is 0.414 e. The number of hydrogen-bond acceptors (Lipinski definition) is 2. The first-order valence-corrected chi connectivity index (χ1v) is 8.00. The Hall–Kier alpha value is -0.993. The average Bonchev–Trinajstić information content (AvgIpc) is 2.46. The molecule has 0 aliphatic rings. The van der Waals surface area contributed by atoms with Crippen LogP contribution in [0, 0.1) is 0 Å². The molecule has 8 heteroatoms. The van der Waals surface area contributed by atoms with E-state index in [1.54, 1.807) is 0 Å². The maximum absolute atomic E-state index is 14.0. The van der Waals surface area contributed by atoms with Crippen LogP contribution in [0.3, 0.4) is 0 Å². The summed E-state index contributed by atoms with van der Waals surface area (Å²) in [6.07, 6.45) is -3.74. The van der Waals surface area contributed by atoms with Gasteiger partial charge in [-0.1, -0.05) is 30.3 Å². The summed E-state index contributed by atoms with van der Waals surface area (Å²) in [7, 11) is -2.65. The summed E-state index contributed by atoms with van der Waals surface area (Å²) in [5.74, 6) is -4.35. The molecule has 0 spiro atoms. The molecule has 0 saturated heterocycles. The van der Waals surface area contributed by atoms with Gasteiger partial charge in [0, 0.05) is 19.8 Å². The molecule has 1 rings (SSSR count). The fraction of sp³-hybridized carbons (Fsp3) is 0.500. The van der Waals surface area contributed by atoms with Gasteiger partial charge in [-0.05, 0) is 6.55 Å². The Morgan fingerprint density at radius 2 is 1.45 bits per heavy atom. The quantitative estimate of drug-likeness (QED) is 0.589. The molecule has 0 fully saturated rings. The van der Waals surface area contributed by atoms with E-state index in [1.807, 2.05) is 0 Å². The normalized spacial score (nSPS) is 15.2. The summed E-state index contributed by atoms with van der Waals surface area (Å²) < 4.78 is 78.7. The zero-order valence-corrected chi connectivity index (χ0v) is 12.2. The number of alkyl halides is 5. The van der Waals surface area contributed by atoms with Gasteiger partial charge in [0.15, 0.2) is 0 Å². The molecule has 0 aromatic heterocycles. The topological polar surface area (TPSA) is 18.5 Å². The summed E-state index contributed by atoms with van der Waals surface area (Å²) in [4.78, 5) is 0. The third-order valence-electron chi connectivity index (χ3n) is 3.18. The average molecular weight is 314 g/mol. The van der Waals surface area contributed by atoms with E-state index in [9.17, 15) is 22.0 Å². The molecule has 0 aliphatic heterocycles. The van der Waals surface area contributed by atoms with Crippen LogP contribution in [0.2, 0.25) is 6.55 Å². The van der Waals surface area contributed by atoms with Crippen LogP contribution in [0.4, 0.5) is 22.0 Å². The monoisotopic (exact) mass is 314 g/mol. The van der Waals surface area contributed by atoms with E-state index in [1.165, 1.54) is 18.2 Å². The smallest absolute Gasteiger partial charge is 0.394 e. The summed E-state index contributed by atoms with van der Waals surface area (Å²) in [6, 6.07) is 5.64. The lowest BCUT2D eigenvalue weighted by atomic mass is 10.0. The van der Waals surface area contributed by atoms with Crippen molar-refractivity contribution in [3.63, 3.8) is 0 Å². The Balaban J connectivity index is 3.19. The molecule has 0 heterocycles. The lowest BCUT2D eigenvalue weighted by Crippen LogP contribution is -2.62. The first kappa shape index (κ1) is 17.1. The number of hydrogen-bond donors (Lipinski definition) is 0. The van der Waals surface area contributed by atoms with E-state index in [0.29, 0.717) is 0 Å². The predicted octanol–water partition coefficient (Wildman–Crippen LogP) is 3.66. The standard InChI is InChI=1S/C12H15F5O2Si/c1-18-20(3,19-2)12(16,17)10(13)11(14,15)9-7-5-4-6-8-9/h4-8,10H,1-3H3. The van der Waals surface area contributed by atoms with Crippen LogP contribution in [0.15, 0.2) is 30.3 Å². The van der Waals surface area contributed by atoms with Gasteiger partial charge in [0.1, 0.15) is 0 Å². The number of halogens is 5. The van der Waals surface area contributed by atoms with E-state index in [4.69, 9.17) is 0 Å². The summed E-state index contributed by atoms with van der Waals surface area (Å²) in [6.45, 7) is 0.834. The summed E-state index contributed by atoms with van der Waals surface area (Å²) in [5.41, 5.74) is -5.24. The molecule has 0 bridgehead atoms. The minimum absolute atomic E-state index is 0.823. The second kappa shape index (κ2) is 5.78. The number of benzene rings is 1. The van der Waals surface area contributed by atoms with Crippen LogP contribution in [0.5, 0.6) is 0 Å². The molecule has 0 N–H and O–H groups in total. The van der Waals surface area contributed by atoms with Gasteiger partial charge in [0.25, 0.3) is 0 Å². The third kappa shape index (κ3) is 2.72. The molecule has 1 unspecified atom stereocenters. The molecule has 2 nitrogen and oxygen atoms in total. The van der Waals surface area contributed by atoms with Crippen molar-refractivity contribution >= 4 is 8.56 Å². The predicted molar refractivity (Wildman–Crippen MR) is 65.8 cm³/mol. The Bertz CT molecular complexity index is 437. The van der Waals surface area contributed by atoms with Crippen LogP contribution in [-0.2, 0) is 14.8 Å². The summed E-state index contributed by atoms with van der Waals surface area (Å²) >= 11 is 0. The van der Waals surface area contributed by atoms with Crippen molar-refractivity contribution in [1.29, 1.82) is 0 Å². The highest BCUT2D eigenvalue weighted by atomic mass is 28.4. The van der Waals surface area contributed by atoms with Crippen molar-refractivity contribution < 1.29 is 30.8 Å². The minimum atomic E-state index is -4.42. The van der Waals surface area contributed by atoms with Crippen molar-refractivity contribution in [1.82, 2.24) is 0 Å². The molecular weight excluding hydrogens is 299 g/mol. The first-order chi connectivity index (χ1) is 9.13. The zero-order valence-electron chi connectivity index (χ0n) is 11.2. The Morgan fingerprint density at radius 3 is 1.85 bits per heavy atom. The molecule has 1 aromatic carbocycles. The second-order valence-electron chi connectivity index (χ2n) is 4.33. The van der Waals surface area contributed by atoms with Crippen LogP contribution in [0.1, 0.15) is 5.56 Å². The van der Waals surface area contributed by atoms with Crippen LogP contribution in [-0.4, -0.2) is 34.5 Å². The highest BCUT2D eigenvalue weighted by Crippen LogP contribution is 2.45. The lowest BCUT2D eigenvalue weighted by Gasteiger charge is -2.36. The van der Waals surface area contributed by atoms with E-state index >= 15 is 0 Å². The molecule has 1 aromatic rings. The zero-order chi connectivity index (χ0) is 15.6. The van der Waals surface area contributed by atoms with Gasteiger partial charge in [-0.2, -0.15) is 8.78 Å². The molecule has 1 atom stereocenters. The number of rotatable bonds is 6. The maximum Gasteiger partial charge on any atom is 0.414 e. The van der Waals surface area contributed by atoms with Gasteiger partial charge < -0.3 is 8.85 Å². The van der Waals surface area contributed by atoms with Crippen LogP contribution in [0.25, 0.3) is 0 Å². The van der Waals surface area contributed by atoms with E-state index in [0.717, 1.165) is 32.9 Å². The molecule has 0 saturated carbocycles. The van der Waals surface area contributed by atoms with Gasteiger partial charge >= 0.3 is 20.0 Å². The van der Waals surface area contributed by atoms with Gasteiger partial charge in [-0.25, -0.2) is 13.2 Å². The van der Waals surface area contributed by atoms with E-state index < -0.39 is 31.8 Å². The molecule has 114 valence electrons. The SMILES string of the molecule is CO[Si](C)(OC)C(F)(F)C(F)C(F)(F)c1ccccc1. The van der Waals surface area contributed by atoms with Gasteiger partial charge in [0.05, 0.1) is 0 Å². The molecule has 0 radical (unpaired) electrons. The van der Waals surface area contributed by atoms with Gasteiger partial charge in [0.2, 0.25) is 6.17 Å². The van der Waals surface area contributed by atoms with Crippen molar-refractivity contribution in [2.24, 2.45) is 0 Å². The van der Waals surface area contributed by atoms with Crippen LogP contribution >= 0.6 is 0 Å². The highest BCUT2D eigenvalue weighted by Gasteiger charge is 2.69. The van der Waals surface area contributed by atoms with Crippen molar-refractivity contribution in [3.05, 3.63) is 35.9 Å². The Morgan fingerprint density at radius 1 is 1.00 bits per heavy atom. The van der Waals surface area contributed by atoms with Crippen LogP contribution < -0.4 is 0 Å². The second-order valence-corrected chi connectivity index (χ2v) is 7.70. The van der Waals surface area contributed by atoms with Crippen molar-refractivity contribution in [2.75, 3.05) is 14.2 Å². The van der Waals surface area contributed by atoms with Gasteiger partial charge in [-0.3, -0.25) is 0 Å². The minimum Gasteiger partial charge on any atom is -0.394 e. The third-order valence-corrected chi connectivity index (χ3v) is 6.20. The molecule has 0 aliphatic carbocycles. The molecular formula is C12H15F5O2Si.